The largest absolute Gasteiger partial charge is 0.496 e. The molecule has 0 fully saturated rings. The molecular weight excluding hydrogens is 414 g/mol. The van der Waals surface area contributed by atoms with Gasteiger partial charge in [0.2, 0.25) is 0 Å². The van der Waals surface area contributed by atoms with Crippen molar-refractivity contribution in [3.05, 3.63) is 58.1 Å². The highest BCUT2D eigenvalue weighted by Gasteiger charge is 2.12. The minimum Gasteiger partial charge on any atom is -0.496 e. The van der Waals surface area contributed by atoms with Crippen molar-refractivity contribution in [3.63, 3.8) is 0 Å². The highest BCUT2D eigenvalue weighted by Crippen LogP contribution is 2.25. The molecule has 27 heavy (non-hydrogen) atoms. The summed E-state index contributed by atoms with van der Waals surface area (Å²) in [5.74, 6) is 0.328. The Morgan fingerprint density at radius 3 is 2.67 bits per heavy atom. The van der Waals surface area contributed by atoms with Crippen molar-refractivity contribution in [2.75, 3.05) is 20.3 Å². The third-order valence-corrected chi connectivity index (χ3v) is 4.04. The van der Waals surface area contributed by atoms with E-state index in [1.807, 2.05) is 25.1 Å². The van der Waals surface area contributed by atoms with Gasteiger partial charge in [0.1, 0.15) is 11.5 Å². The average molecular weight is 434 g/mol. The SMILES string of the molecule is CCOc1ccc(C=NNC(=O)CNC(=O)c2ccccc2OC)cc1Br. The van der Waals surface area contributed by atoms with Crippen molar-refractivity contribution in [2.24, 2.45) is 5.10 Å². The number of para-hydroxylation sites is 1. The second-order valence-corrected chi connectivity index (χ2v) is 6.15. The van der Waals surface area contributed by atoms with Gasteiger partial charge >= 0.3 is 0 Å². The first-order valence-electron chi connectivity index (χ1n) is 8.20. The number of carbonyl (C=O) groups is 2. The van der Waals surface area contributed by atoms with Crippen LogP contribution in [0, 0.1) is 0 Å². The van der Waals surface area contributed by atoms with E-state index in [0.29, 0.717) is 17.9 Å². The van der Waals surface area contributed by atoms with Crippen molar-refractivity contribution in [1.29, 1.82) is 0 Å². The van der Waals surface area contributed by atoms with E-state index in [1.54, 1.807) is 24.3 Å². The molecule has 2 amide bonds. The number of hydrogen-bond donors (Lipinski definition) is 2. The van der Waals surface area contributed by atoms with Crippen LogP contribution >= 0.6 is 15.9 Å². The molecule has 8 heteroatoms. The van der Waals surface area contributed by atoms with E-state index in [1.165, 1.54) is 13.3 Å². The van der Waals surface area contributed by atoms with E-state index in [2.05, 4.69) is 31.8 Å². The van der Waals surface area contributed by atoms with E-state index in [-0.39, 0.29) is 6.54 Å². The standard InChI is InChI=1S/C19H20BrN3O4/c1-3-27-17-9-8-13(10-15(17)20)11-22-23-18(24)12-21-19(25)14-6-4-5-7-16(14)26-2/h4-11H,3,12H2,1-2H3,(H,21,25)(H,23,24). The molecule has 0 unspecified atom stereocenters. The first-order valence-corrected chi connectivity index (χ1v) is 9.00. The van der Waals surface area contributed by atoms with Gasteiger partial charge in [0.15, 0.2) is 0 Å². The molecule has 0 saturated heterocycles. The highest BCUT2D eigenvalue weighted by atomic mass is 79.9. The van der Waals surface area contributed by atoms with Gasteiger partial charge in [-0.25, -0.2) is 5.43 Å². The summed E-state index contributed by atoms with van der Waals surface area (Å²) in [6.45, 7) is 2.27. The molecule has 0 saturated carbocycles. The summed E-state index contributed by atoms with van der Waals surface area (Å²) in [5.41, 5.74) is 3.50. The van der Waals surface area contributed by atoms with Gasteiger partial charge in [-0.3, -0.25) is 9.59 Å². The minimum atomic E-state index is -0.445. The number of rotatable bonds is 8. The first kappa shape index (κ1) is 20.4. The molecule has 0 heterocycles. The Hall–Kier alpha value is -2.87. The Morgan fingerprint density at radius 2 is 1.96 bits per heavy atom. The fourth-order valence-corrected chi connectivity index (χ4v) is 2.69. The summed E-state index contributed by atoms with van der Waals surface area (Å²) in [7, 11) is 1.48. The van der Waals surface area contributed by atoms with Gasteiger partial charge in [-0.05, 0) is 58.7 Å². The molecule has 7 nitrogen and oxygen atoms in total. The van der Waals surface area contributed by atoms with Crippen molar-refractivity contribution in [3.8, 4) is 11.5 Å². The Labute approximate surface area is 165 Å². The van der Waals surface area contributed by atoms with Crippen LogP contribution in [0.15, 0.2) is 52.0 Å². The number of nitrogens with one attached hydrogen (secondary N) is 2. The lowest BCUT2D eigenvalue weighted by Gasteiger charge is -2.08. The van der Waals surface area contributed by atoms with E-state index in [4.69, 9.17) is 9.47 Å². The fourth-order valence-electron chi connectivity index (χ4n) is 2.18. The lowest BCUT2D eigenvalue weighted by molar-refractivity contribution is -0.120. The normalized spacial score (nSPS) is 10.5. The summed E-state index contributed by atoms with van der Waals surface area (Å²) < 4.78 is 11.3. The topological polar surface area (TPSA) is 89.0 Å². The van der Waals surface area contributed by atoms with Crippen LogP contribution in [-0.2, 0) is 4.79 Å². The van der Waals surface area contributed by atoms with Gasteiger partial charge in [0.25, 0.3) is 11.8 Å². The molecule has 2 rings (SSSR count). The third-order valence-electron chi connectivity index (χ3n) is 3.42. The fraction of sp³-hybridized carbons (Fsp3) is 0.211. The van der Waals surface area contributed by atoms with Crippen LogP contribution in [0.4, 0.5) is 0 Å². The van der Waals surface area contributed by atoms with Crippen LogP contribution < -0.4 is 20.2 Å². The third kappa shape index (κ3) is 6.10. The summed E-state index contributed by atoms with van der Waals surface area (Å²) in [6, 6.07) is 12.2. The zero-order chi connectivity index (χ0) is 19.6. The molecule has 0 aliphatic rings. The number of halogens is 1. The van der Waals surface area contributed by atoms with E-state index >= 15 is 0 Å². The molecule has 0 atom stereocenters. The number of amides is 2. The van der Waals surface area contributed by atoms with Gasteiger partial charge < -0.3 is 14.8 Å². The molecule has 2 N–H and O–H groups in total. The van der Waals surface area contributed by atoms with Gasteiger partial charge in [0, 0.05) is 0 Å². The van der Waals surface area contributed by atoms with Crippen LogP contribution in [-0.4, -0.2) is 38.3 Å². The Kier molecular flexibility index (Phi) is 7.81. The summed E-state index contributed by atoms with van der Waals surface area (Å²) in [5, 5.41) is 6.40. The van der Waals surface area contributed by atoms with E-state index in [0.717, 1.165) is 15.8 Å². The maximum absolute atomic E-state index is 12.1. The Balaban J connectivity index is 1.84. The zero-order valence-electron chi connectivity index (χ0n) is 15.0. The number of carbonyl (C=O) groups excluding carboxylic acids is 2. The Bertz CT molecular complexity index is 839. The van der Waals surface area contributed by atoms with Crippen LogP contribution in [0.1, 0.15) is 22.8 Å². The molecule has 142 valence electrons. The molecule has 0 spiro atoms. The molecule has 2 aromatic rings. The molecule has 0 radical (unpaired) electrons. The van der Waals surface area contributed by atoms with Gasteiger partial charge in [-0.2, -0.15) is 5.10 Å². The monoisotopic (exact) mass is 433 g/mol. The van der Waals surface area contributed by atoms with Gasteiger partial charge in [0.05, 0.1) is 36.5 Å². The number of methoxy groups -OCH3 is 1. The van der Waals surface area contributed by atoms with Crippen LogP contribution in [0.25, 0.3) is 0 Å². The average Bonchev–Trinajstić information content (AvgIpc) is 2.68. The summed E-state index contributed by atoms with van der Waals surface area (Å²) >= 11 is 3.41. The number of ether oxygens (including phenoxy) is 2. The Morgan fingerprint density at radius 1 is 1.19 bits per heavy atom. The quantitative estimate of drug-likeness (QED) is 0.494. The van der Waals surface area contributed by atoms with Crippen molar-refractivity contribution >= 4 is 34.0 Å². The smallest absolute Gasteiger partial charge is 0.259 e. The molecule has 0 aromatic heterocycles. The lowest BCUT2D eigenvalue weighted by Crippen LogP contribution is -2.35. The second kappa shape index (κ2) is 10.3. The van der Waals surface area contributed by atoms with Crippen molar-refractivity contribution in [2.45, 2.75) is 6.92 Å². The molecule has 0 aliphatic carbocycles. The molecule has 2 aromatic carbocycles. The maximum atomic E-state index is 12.1. The van der Waals surface area contributed by atoms with Crippen molar-refractivity contribution in [1.82, 2.24) is 10.7 Å². The molecule has 0 bridgehead atoms. The van der Waals surface area contributed by atoms with E-state index < -0.39 is 11.8 Å². The maximum Gasteiger partial charge on any atom is 0.259 e. The minimum absolute atomic E-state index is 0.207. The molecular formula is C19H20BrN3O4. The number of hydrogen-bond acceptors (Lipinski definition) is 5. The van der Waals surface area contributed by atoms with Crippen LogP contribution in [0.2, 0.25) is 0 Å². The summed E-state index contributed by atoms with van der Waals surface area (Å²) in [6.07, 6.45) is 1.50. The number of benzene rings is 2. The summed E-state index contributed by atoms with van der Waals surface area (Å²) in [4.78, 5) is 23.9. The highest BCUT2D eigenvalue weighted by molar-refractivity contribution is 9.10. The predicted molar refractivity (Wildman–Crippen MR) is 106 cm³/mol. The van der Waals surface area contributed by atoms with E-state index in [9.17, 15) is 9.59 Å². The van der Waals surface area contributed by atoms with Gasteiger partial charge in [-0.1, -0.05) is 12.1 Å². The zero-order valence-corrected chi connectivity index (χ0v) is 16.6. The molecule has 0 aliphatic heterocycles. The lowest BCUT2D eigenvalue weighted by atomic mass is 10.2. The predicted octanol–water partition coefficient (Wildman–Crippen LogP) is 2.74. The van der Waals surface area contributed by atoms with Crippen LogP contribution in [0.3, 0.4) is 0 Å². The second-order valence-electron chi connectivity index (χ2n) is 5.30. The van der Waals surface area contributed by atoms with Crippen molar-refractivity contribution < 1.29 is 19.1 Å². The van der Waals surface area contributed by atoms with Crippen LogP contribution in [0.5, 0.6) is 11.5 Å². The number of hydrazone groups is 1. The number of nitrogens with zero attached hydrogens (tertiary/aromatic N) is 1. The van der Waals surface area contributed by atoms with Gasteiger partial charge in [-0.15, -0.1) is 0 Å². The first-order chi connectivity index (χ1) is 13.0.